The molecule has 0 aliphatic rings. The molecule has 100 valence electrons. The number of ether oxygens (including phenoxy) is 2. The van der Waals surface area contributed by atoms with Gasteiger partial charge in [0.15, 0.2) is 17.3 Å². The van der Waals surface area contributed by atoms with Crippen LogP contribution in [0.25, 0.3) is 0 Å². The zero-order valence-electron chi connectivity index (χ0n) is 11.3. The van der Waals surface area contributed by atoms with Gasteiger partial charge in [0, 0.05) is 5.56 Å². The summed E-state index contributed by atoms with van der Waals surface area (Å²) in [6.07, 6.45) is 0. The predicted octanol–water partition coefficient (Wildman–Crippen LogP) is 1.86. The Morgan fingerprint density at radius 2 is 1.72 bits per heavy atom. The molecular formula is C13H18FNO3. The highest BCUT2D eigenvalue weighted by molar-refractivity contribution is 6.02. The Kier molecular flexibility index (Phi) is 4.67. The van der Waals surface area contributed by atoms with Crippen molar-refractivity contribution in [1.82, 2.24) is 5.32 Å². The number of methoxy groups -OCH3 is 2. The Labute approximate surface area is 106 Å². The molecule has 1 aromatic carbocycles. The van der Waals surface area contributed by atoms with Crippen LogP contribution in [-0.4, -0.2) is 33.6 Å². The molecule has 0 spiro atoms. The van der Waals surface area contributed by atoms with E-state index in [1.807, 2.05) is 0 Å². The van der Waals surface area contributed by atoms with Gasteiger partial charge in [0.25, 0.3) is 0 Å². The second kappa shape index (κ2) is 5.82. The molecule has 1 N–H and O–H groups in total. The Hall–Kier alpha value is -1.62. The first-order chi connectivity index (χ1) is 8.49. The predicted molar refractivity (Wildman–Crippen MR) is 67.2 cm³/mol. The van der Waals surface area contributed by atoms with Crippen LogP contribution in [0.4, 0.5) is 4.39 Å². The quantitative estimate of drug-likeness (QED) is 0.816. The number of carbonyl (C=O) groups is 1. The van der Waals surface area contributed by atoms with E-state index in [0.717, 1.165) is 0 Å². The molecule has 0 amide bonds. The number of rotatable bonds is 5. The highest BCUT2D eigenvalue weighted by Crippen LogP contribution is 2.38. The summed E-state index contributed by atoms with van der Waals surface area (Å²) in [6.45, 7) is 3.27. The van der Waals surface area contributed by atoms with Gasteiger partial charge in [0.2, 0.25) is 0 Å². The molecule has 0 radical (unpaired) electrons. The first kappa shape index (κ1) is 14.4. The van der Waals surface area contributed by atoms with Gasteiger partial charge in [0.05, 0.1) is 26.3 Å². The van der Waals surface area contributed by atoms with Crippen LogP contribution < -0.4 is 14.8 Å². The van der Waals surface area contributed by atoms with Gasteiger partial charge in [-0.3, -0.25) is 4.79 Å². The molecule has 0 saturated heterocycles. The zero-order valence-corrected chi connectivity index (χ0v) is 11.3. The highest BCUT2D eigenvalue weighted by Gasteiger charge is 2.25. The number of benzene rings is 1. The number of ketones is 1. The minimum absolute atomic E-state index is 0.114. The SMILES string of the molecule is CNCC(=O)c1c(C)c(F)c(C)c(OC)c1OC. The normalized spacial score (nSPS) is 10.3. The van der Waals surface area contributed by atoms with Gasteiger partial charge < -0.3 is 14.8 Å². The molecule has 0 heterocycles. The smallest absolute Gasteiger partial charge is 0.180 e. The maximum Gasteiger partial charge on any atom is 0.180 e. The zero-order chi connectivity index (χ0) is 13.9. The van der Waals surface area contributed by atoms with Crippen LogP contribution in [0.1, 0.15) is 21.5 Å². The molecule has 0 aliphatic heterocycles. The summed E-state index contributed by atoms with van der Waals surface area (Å²) in [5.74, 6) is -0.120. The van der Waals surface area contributed by atoms with Gasteiger partial charge in [-0.2, -0.15) is 0 Å². The minimum Gasteiger partial charge on any atom is -0.492 e. The van der Waals surface area contributed by atoms with Crippen LogP contribution in [0.2, 0.25) is 0 Å². The molecule has 5 heteroatoms. The molecule has 0 aliphatic carbocycles. The van der Waals surface area contributed by atoms with Crippen LogP contribution in [-0.2, 0) is 0 Å². The van der Waals surface area contributed by atoms with Gasteiger partial charge in [-0.05, 0) is 26.5 Å². The van der Waals surface area contributed by atoms with Gasteiger partial charge >= 0.3 is 0 Å². The summed E-state index contributed by atoms with van der Waals surface area (Å²) < 4.78 is 24.4. The van der Waals surface area contributed by atoms with Gasteiger partial charge in [-0.1, -0.05) is 0 Å². The van der Waals surface area contributed by atoms with E-state index < -0.39 is 5.82 Å². The minimum atomic E-state index is -0.438. The van der Waals surface area contributed by atoms with E-state index >= 15 is 0 Å². The average Bonchev–Trinajstić information content (AvgIpc) is 2.35. The number of halogens is 1. The monoisotopic (exact) mass is 255 g/mol. The molecule has 0 unspecified atom stereocenters. The van der Waals surface area contributed by atoms with Crippen molar-refractivity contribution in [1.29, 1.82) is 0 Å². The second-order valence-electron chi connectivity index (χ2n) is 3.96. The van der Waals surface area contributed by atoms with Gasteiger partial charge in [-0.25, -0.2) is 4.39 Å². The maximum absolute atomic E-state index is 14.0. The third-order valence-electron chi connectivity index (χ3n) is 2.83. The van der Waals surface area contributed by atoms with Crippen LogP contribution in [0.3, 0.4) is 0 Å². The average molecular weight is 255 g/mol. The van der Waals surface area contributed by atoms with Gasteiger partial charge in [0.1, 0.15) is 5.82 Å². The number of nitrogens with one attached hydrogen (secondary N) is 1. The molecule has 18 heavy (non-hydrogen) atoms. The molecule has 0 saturated carbocycles. The summed E-state index contributed by atoms with van der Waals surface area (Å²) in [4.78, 5) is 12.0. The van der Waals surface area contributed by atoms with Crippen molar-refractivity contribution < 1.29 is 18.7 Å². The number of hydrogen-bond donors (Lipinski definition) is 1. The summed E-state index contributed by atoms with van der Waals surface area (Å²) >= 11 is 0. The lowest BCUT2D eigenvalue weighted by atomic mass is 9.98. The number of Topliss-reactive ketones (excluding diaryl/α,β-unsaturated/α-hetero) is 1. The van der Waals surface area contributed by atoms with Crippen LogP contribution >= 0.6 is 0 Å². The first-order valence-electron chi connectivity index (χ1n) is 5.57. The fourth-order valence-corrected chi connectivity index (χ4v) is 1.97. The highest BCUT2D eigenvalue weighted by atomic mass is 19.1. The van der Waals surface area contributed by atoms with E-state index in [2.05, 4.69) is 5.32 Å². The largest absolute Gasteiger partial charge is 0.492 e. The second-order valence-corrected chi connectivity index (χ2v) is 3.96. The molecule has 1 aromatic rings. The summed E-state index contributed by atoms with van der Waals surface area (Å²) in [5.41, 5.74) is 0.852. The summed E-state index contributed by atoms with van der Waals surface area (Å²) in [5, 5.41) is 2.75. The van der Waals surface area contributed by atoms with Crippen molar-refractivity contribution >= 4 is 5.78 Å². The third kappa shape index (κ3) is 2.31. The van der Waals surface area contributed by atoms with Crippen LogP contribution in [0, 0.1) is 19.7 Å². The Morgan fingerprint density at radius 1 is 1.17 bits per heavy atom. The van der Waals surface area contributed by atoms with E-state index in [1.165, 1.54) is 14.2 Å². The van der Waals surface area contributed by atoms with Crippen molar-refractivity contribution in [2.75, 3.05) is 27.8 Å². The molecule has 4 nitrogen and oxygen atoms in total. The third-order valence-corrected chi connectivity index (χ3v) is 2.83. The topological polar surface area (TPSA) is 47.6 Å². The summed E-state index contributed by atoms with van der Waals surface area (Å²) in [6, 6.07) is 0. The fourth-order valence-electron chi connectivity index (χ4n) is 1.97. The Morgan fingerprint density at radius 3 is 2.17 bits per heavy atom. The van der Waals surface area contributed by atoms with Crippen molar-refractivity contribution in [3.63, 3.8) is 0 Å². The Bertz CT molecular complexity index is 472. The number of hydrogen-bond acceptors (Lipinski definition) is 4. The lowest BCUT2D eigenvalue weighted by Gasteiger charge is -2.17. The van der Waals surface area contributed by atoms with Crippen molar-refractivity contribution in [3.8, 4) is 11.5 Å². The number of carbonyl (C=O) groups excluding carboxylic acids is 1. The van der Waals surface area contributed by atoms with E-state index in [4.69, 9.17) is 9.47 Å². The van der Waals surface area contributed by atoms with Crippen molar-refractivity contribution in [2.24, 2.45) is 0 Å². The molecule has 0 fully saturated rings. The van der Waals surface area contributed by atoms with Crippen LogP contribution in [0.15, 0.2) is 0 Å². The van der Waals surface area contributed by atoms with Gasteiger partial charge in [-0.15, -0.1) is 0 Å². The van der Waals surface area contributed by atoms with E-state index in [9.17, 15) is 9.18 Å². The fraction of sp³-hybridized carbons (Fsp3) is 0.462. The maximum atomic E-state index is 14.0. The molecule has 1 rings (SSSR count). The summed E-state index contributed by atoms with van der Waals surface area (Å²) in [7, 11) is 4.51. The molecule has 0 bridgehead atoms. The molecule has 0 atom stereocenters. The van der Waals surface area contributed by atoms with Crippen molar-refractivity contribution in [3.05, 3.63) is 22.5 Å². The standard InChI is InChI=1S/C13H18FNO3/c1-7-10(9(16)6-15-3)13(18-5)12(17-4)8(2)11(7)14/h15H,6H2,1-5H3. The van der Waals surface area contributed by atoms with E-state index in [1.54, 1.807) is 20.9 Å². The van der Waals surface area contributed by atoms with Crippen LogP contribution in [0.5, 0.6) is 11.5 Å². The lowest BCUT2D eigenvalue weighted by molar-refractivity contribution is 0.0988. The molecular weight excluding hydrogens is 237 g/mol. The Balaban J connectivity index is 3.57. The van der Waals surface area contributed by atoms with E-state index in [-0.39, 0.29) is 35.0 Å². The lowest BCUT2D eigenvalue weighted by Crippen LogP contribution is -2.21. The molecule has 0 aromatic heterocycles. The first-order valence-corrected chi connectivity index (χ1v) is 5.57. The number of likely N-dealkylation sites (N-methyl/N-ethyl adjacent to an activating group) is 1. The van der Waals surface area contributed by atoms with E-state index in [0.29, 0.717) is 5.56 Å². The van der Waals surface area contributed by atoms with Crippen molar-refractivity contribution in [2.45, 2.75) is 13.8 Å².